The first-order valence-corrected chi connectivity index (χ1v) is 7.55. The zero-order valence-electron chi connectivity index (χ0n) is 8.50. The lowest BCUT2D eigenvalue weighted by atomic mass is 10.2. The lowest BCUT2D eigenvalue weighted by molar-refractivity contribution is 0.746. The Bertz CT molecular complexity index is 273. The summed E-state index contributed by atoms with van der Waals surface area (Å²) in [5.74, 6) is 2.95. The minimum absolute atomic E-state index is 0.166. The summed E-state index contributed by atoms with van der Waals surface area (Å²) in [6, 6.07) is 0.166. The molecule has 1 unspecified atom stereocenters. The van der Waals surface area contributed by atoms with Gasteiger partial charge < -0.3 is 5.73 Å². The highest BCUT2D eigenvalue weighted by atomic mass is 79.9. The molecule has 0 radical (unpaired) electrons. The van der Waals surface area contributed by atoms with Gasteiger partial charge in [0.05, 0.1) is 0 Å². The van der Waals surface area contributed by atoms with E-state index in [4.69, 9.17) is 5.73 Å². The molecule has 1 atom stereocenters. The van der Waals surface area contributed by atoms with Crippen LogP contribution in [0.15, 0.2) is 15.2 Å². The van der Waals surface area contributed by atoms with E-state index in [1.807, 2.05) is 11.8 Å². The van der Waals surface area contributed by atoms with Crippen molar-refractivity contribution < 1.29 is 0 Å². The lowest BCUT2D eigenvalue weighted by Gasteiger charge is -2.11. The molecule has 0 aliphatic heterocycles. The first-order valence-electron chi connectivity index (χ1n) is 4.66. The fourth-order valence-corrected chi connectivity index (χ4v) is 3.77. The van der Waals surface area contributed by atoms with Crippen LogP contribution in [-0.2, 0) is 0 Å². The van der Waals surface area contributed by atoms with Crippen LogP contribution in [-0.4, -0.2) is 11.5 Å². The molecule has 4 heteroatoms. The lowest BCUT2D eigenvalue weighted by Crippen LogP contribution is -2.13. The van der Waals surface area contributed by atoms with Gasteiger partial charge in [-0.15, -0.1) is 0 Å². The highest BCUT2D eigenvalue weighted by Gasteiger charge is 2.10. The number of halogens is 1. The standard InChI is InChI=1S/C10H16BrNS2/c1-7(2)3-13-6-10(12)8-4-14-5-9(8)11/h4-5,7,10H,3,6,12H2,1-2H3. The Morgan fingerprint density at radius 2 is 2.14 bits per heavy atom. The smallest absolute Gasteiger partial charge is 0.0406 e. The van der Waals surface area contributed by atoms with Gasteiger partial charge in [-0.2, -0.15) is 23.1 Å². The molecule has 0 spiro atoms. The summed E-state index contributed by atoms with van der Waals surface area (Å²) >= 11 is 7.14. The Kier molecular flexibility index (Phi) is 5.52. The largest absolute Gasteiger partial charge is 0.323 e. The Balaban J connectivity index is 2.36. The molecule has 0 fully saturated rings. The van der Waals surface area contributed by atoms with Crippen LogP contribution in [0.25, 0.3) is 0 Å². The van der Waals surface area contributed by atoms with Gasteiger partial charge in [0.15, 0.2) is 0 Å². The second-order valence-electron chi connectivity index (χ2n) is 3.71. The Hall–Kier alpha value is 0.490. The van der Waals surface area contributed by atoms with Crippen LogP contribution in [0.2, 0.25) is 0 Å². The predicted molar refractivity (Wildman–Crippen MR) is 71.1 cm³/mol. The third-order valence-corrected chi connectivity index (χ3v) is 5.04. The second-order valence-corrected chi connectivity index (χ2v) is 6.39. The number of rotatable bonds is 5. The van der Waals surface area contributed by atoms with Crippen molar-refractivity contribution in [2.75, 3.05) is 11.5 Å². The fraction of sp³-hybridized carbons (Fsp3) is 0.600. The zero-order valence-corrected chi connectivity index (χ0v) is 11.7. The molecule has 1 aromatic rings. The Labute approximate surface area is 103 Å². The topological polar surface area (TPSA) is 26.0 Å². The number of thioether (sulfide) groups is 1. The van der Waals surface area contributed by atoms with Crippen molar-refractivity contribution in [2.24, 2.45) is 11.7 Å². The van der Waals surface area contributed by atoms with Gasteiger partial charge in [-0.3, -0.25) is 0 Å². The van der Waals surface area contributed by atoms with Crippen LogP contribution < -0.4 is 5.73 Å². The highest BCUT2D eigenvalue weighted by Crippen LogP contribution is 2.28. The summed E-state index contributed by atoms with van der Waals surface area (Å²) in [6.45, 7) is 4.47. The molecule has 0 aliphatic carbocycles. The number of nitrogens with two attached hydrogens (primary N) is 1. The third kappa shape index (κ3) is 3.93. The van der Waals surface area contributed by atoms with Crippen molar-refractivity contribution in [3.05, 3.63) is 20.8 Å². The third-order valence-electron chi connectivity index (χ3n) is 1.79. The summed E-state index contributed by atoms with van der Waals surface area (Å²) in [6.07, 6.45) is 0. The van der Waals surface area contributed by atoms with Crippen LogP contribution in [0.5, 0.6) is 0 Å². The molecule has 80 valence electrons. The van der Waals surface area contributed by atoms with Gasteiger partial charge in [-0.05, 0) is 38.5 Å². The second kappa shape index (κ2) is 6.16. The van der Waals surface area contributed by atoms with Gasteiger partial charge in [0.25, 0.3) is 0 Å². The zero-order chi connectivity index (χ0) is 10.6. The summed E-state index contributed by atoms with van der Waals surface area (Å²) in [5.41, 5.74) is 7.32. The predicted octanol–water partition coefficient (Wildman–Crippen LogP) is 3.90. The van der Waals surface area contributed by atoms with Gasteiger partial charge in [0.1, 0.15) is 0 Å². The summed E-state index contributed by atoms with van der Waals surface area (Å²) < 4.78 is 1.15. The molecule has 0 bridgehead atoms. The summed E-state index contributed by atoms with van der Waals surface area (Å²) in [7, 11) is 0. The Morgan fingerprint density at radius 3 is 2.64 bits per heavy atom. The van der Waals surface area contributed by atoms with Crippen molar-refractivity contribution in [3.63, 3.8) is 0 Å². The minimum atomic E-state index is 0.166. The van der Waals surface area contributed by atoms with Gasteiger partial charge >= 0.3 is 0 Å². The maximum Gasteiger partial charge on any atom is 0.0406 e. The molecular weight excluding hydrogens is 278 g/mol. The van der Waals surface area contributed by atoms with Gasteiger partial charge in [0.2, 0.25) is 0 Å². The summed E-state index contributed by atoms with van der Waals surface area (Å²) in [5, 5.41) is 4.22. The molecule has 0 saturated heterocycles. The molecule has 0 amide bonds. The first kappa shape index (κ1) is 12.6. The van der Waals surface area contributed by atoms with Crippen molar-refractivity contribution in [2.45, 2.75) is 19.9 Å². The molecule has 14 heavy (non-hydrogen) atoms. The SMILES string of the molecule is CC(C)CSCC(N)c1cscc1Br. The number of thiophene rings is 1. The van der Waals surface area contributed by atoms with Crippen molar-refractivity contribution in [3.8, 4) is 0 Å². The first-order chi connectivity index (χ1) is 6.61. The summed E-state index contributed by atoms with van der Waals surface area (Å²) in [4.78, 5) is 0. The van der Waals surface area contributed by atoms with Gasteiger partial charge in [-0.1, -0.05) is 13.8 Å². The van der Waals surface area contributed by atoms with E-state index in [1.165, 1.54) is 11.3 Å². The molecule has 0 aliphatic rings. The van der Waals surface area contributed by atoms with Gasteiger partial charge in [-0.25, -0.2) is 0 Å². The van der Waals surface area contributed by atoms with Crippen molar-refractivity contribution in [1.29, 1.82) is 0 Å². The molecule has 2 N–H and O–H groups in total. The van der Waals surface area contributed by atoms with Crippen molar-refractivity contribution in [1.82, 2.24) is 0 Å². The maximum absolute atomic E-state index is 6.08. The van der Waals surface area contributed by atoms with E-state index in [0.717, 1.165) is 16.1 Å². The average Bonchev–Trinajstić information content (AvgIpc) is 2.50. The molecule has 0 aromatic carbocycles. The minimum Gasteiger partial charge on any atom is -0.323 e. The molecular formula is C10H16BrNS2. The average molecular weight is 294 g/mol. The van der Waals surface area contributed by atoms with Crippen LogP contribution in [0.4, 0.5) is 0 Å². The molecule has 1 heterocycles. The Morgan fingerprint density at radius 1 is 1.43 bits per heavy atom. The number of hydrogen-bond acceptors (Lipinski definition) is 3. The quantitative estimate of drug-likeness (QED) is 0.891. The maximum atomic E-state index is 6.08. The van der Waals surface area contributed by atoms with Crippen LogP contribution in [0.1, 0.15) is 25.5 Å². The van der Waals surface area contributed by atoms with Crippen LogP contribution in [0, 0.1) is 5.92 Å². The molecule has 0 saturated carbocycles. The highest BCUT2D eigenvalue weighted by molar-refractivity contribution is 9.10. The van der Waals surface area contributed by atoms with Crippen LogP contribution in [0.3, 0.4) is 0 Å². The van der Waals surface area contributed by atoms with E-state index < -0.39 is 0 Å². The van der Waals surface area contributed by atoms with Gasteiger partial charge in [0, 0.05) is 21.6 Å². The monoisotopic (exact) mass is 293 g/mol. The van der Waals surface area contributed by atoms with E-state index in [-0.39, 0.29) is 6.04 Å². The molecule has 1 rings (SSSR count). The molecule has 1 nitrogen and oxygen atoms in total. The normalized spacial score (nSPS) is 13.5. The van der Waals surface area contributed by atoms with E-state index in [2.05, 4.69) is 40.5 Å². The van der Waals surface area contributed by atoms with Crippen molar-refractivity contribution >= 4 is 39.0 Å². The van der Waals surface area contributed by atoms with Crippen LogP contribution >= 0.6 is 39.0 Å². The number of hydrogen-bond donors (Lipinski definition) is 1. The van der Waals surface area contributed by atoms with E-state index in [9.17, 15) is 0 Å². The van der Waals surface area contributed by atoms with E-state index >= 15 is 0 Å². The fourth-order valence-electron chi connectivity index (χ4n) is 1.08. The van der Waals surface area contributed by atoms with E-state index in [0.29, 0.717) is 0 Å². The van der Waals surface area contributed by atoms with E-state index in [1.54, 1.807) is 11.3 Å². The molecule has 1 aromatic heterocycles.